The van der Waals surface area contributed by atoms with Crippen LogP contribution in [-0.4, -0.2) is 9.13 Å². The molecule has 3 heterocycles. The number of fused-ring (bicyclic) bond motifs is 9. The third kappa shape index (κ3) is 5.05. The van der Waals surface area contributed by atoms with Crippen LogP contribution in [0.1, 0.15) is 13.8 Å². The summed E-state index contributed by atoms with van der Waals surface area (Å²) in [6, 6.07) is 56.4. The highest BCUT2D eigenvalue weighted by molar-refractivity contribution is 6.14. The number of nitrogens with zero attached hydrogens (tertiary/aromatic N) is 2. The van der Waals surface area contributed by atoms with Gasteiger partial charge in [-0.25, -0.2) is 0 Å². The van der Waals surface area contributed by atoms with Crippen LogP contribution in [0, 0.1) is 0 Å². The zero-order chi connectivity index (χ0) is 34.5. The standard InChI is InChI=1S/C42H26N2O.C6H10/c1-2-11-27(12-3-1)28-21-23-39-34(25-28)32-15-6-9-19-38(32)44(39)40-20-10-16-33-35-26-29(22-24-41(35)45-42(33)40)43-36-17-7-4-13-30(36)31-14-5-8-18-37(31)43;1-4-5-6(2)3/h1-26H;4-5H,2H2,1,3H3/b;5-4-. The van der Waals surface area contributed by atoms with Crippen LogP contribution >= 0.6 is 0 Å². The Morgan fingerprint density at radius 1 is 0.510 bits per heavy atom. The number of allylic oxidation sites excluding steroid dienone is 3. The van der Waals surface area contributed by atoms with E-state index in [-0.39, 0.29) is 0 Å². The molecule has 0 aliphatic carbocycles. The van der Waals surface area contributed by atoms with E-state index in [0.717, 1.165) is 49.9 Å². The molecule has 244 valence electrons. The van der Waals surface area contributed by atoms with Crippen LogP contribution in [0.15, 0.2) is 186 Å². The van der Waals surface area contributed by atoms with Gasteiger partial charge in [-0.2, -0.15) is 0 Å². The van der Waals surface area contributed by atoms with Crippen molar-refractivity contribution >= 4 is 65.6 Å². The zero-order valence-corrected chi connectivity index (χ0v) is 28.7. The minimum atomic E-state index is 0.883. The van der Waals surface area contributed by atoms with E-state index in [0.29, 0.717) is 0 Å². The van der Waals surface area contributed by atoms with Gasteiger partial charge in [0.2, 0.25) is 0 Å². The predicted octanol–water partition coefficient (Wildman–Crippen LogP) is 13.6. The van der Waals surface area contributed by atoms with Gasteiger partial charge in [-0.3, -0.25) is 0 Å². The van der Waals surface area contributed by atoms with Gasteiger partial charge in [0, 0.05) is 38.0 Å². The molecule has 7 aromatic carbocycles. The first-order valence-corrected chi connectivity index (χ1v) is 17.4. The van der Waals surface area contributed by atoms with Crippen molar-refractivity contribution in [1.29, 1.82) is 0 Å². The molecule has 10 rings (SSSR count). The highest BCUT2D eigenvalue weighted by Gasteiger charge is 2.19. The normalized spacial score (nSPS) is 11.7. The van der Waals surface area contributed by atoms with Crippen molar-refractivity contribution in [3.8, 4) is 22.5 Å². The Hall–Kier alpha value is -6.58. The Labute approximate surface area is 296 Å². The smallest absolute Gasteiger partial charge is 0.159 e. The zero-order valence-electron chi connectivity index (χ0n) is 28.7. The topological polar surface area (TPSA) is 23.0 Å². The summed E-state index contributed by atoms with van der Waals surface area (Å²) in [4.78, 5) is 0. The molecule has 0 saturated carbocycles. The SMILES string of the molecule is C=C(C)/C=C\C.c1ccc(-c2ccc3c(c2)c2ccccc2n3-c2cccc3c2oc2ccc(-n4c5ccccc5c5ccccc54)cc23)cc1. The van der Waals surface area contributed by atoms with Gasteiger partial charge < -0.3 is 13.6 Å². The maximum Gasteiger partial charge on any atom is 0.159 e. The molecule has 0 radical (unpaired) electrons. The number of para-hydroxylation sites is 4. The summed E-state index contributed by atoms with van der Waals surface area (Å²) >= 11 is 0. The minimum absolute atomic E-state index is 0.883. The van der Waals surface area contributed by atoms with Gasteiger partial charge in [0.25, 0.3) is 0 Å². The van der Waals surface area contributed by atoms with Crippen LogP contribution in [0.5, 0.6) is 0 Å². The van der Waals surface area contributed by atoms with Crippen molar-refractivity contribution in [2.75, 3.05) is 0 Å². The van der Waals surface area contributed by atoms with Crippen LogP contribution < -0.4 is 0 Å². The molecule has 0 amide bonds. The third-order valence-corrected chi connectivity index (χ3v) is 9.77. The highest BCUT2D eigenvalue weighted by atomic mass is 16.3. The van der Waals surface area contributed by atoms with E-state index in [9.17, 15) is 0 Å². The summed E-state index contributed by atoms with van der Waals surface area (Å²) in [6.07, 6.45) is 3.95. The van der Waals surface area contributed by atoms with E-state index >= 15 is 0 Å². The Kier molecular flexibility index (Phi) is 7.40. The largest absolute Gasteiger partial charge is 0.454 e. The average Bonchev–Trinajstić information content (AvgIpc) is 3.83. The van der Waals surface area contributed by atoms with Crippen LogP contribution in [0.25, 0.3) is 88.1 Å². The van der Waals surface area contributed by atoms with Crippen LogP contribution in [0.4, 0.5) is 0 Å². The average molecular weight is 657 g/mol. The lowest BCUT2D eigenvalue weighted by atomic mass is 10.0. The summed E-state index contributed by atoms with van der Waals surface area (Å²) in [6.45, 7) is 7.61. The molecule has 3 heteroatoms. The molecule has 0 unspecified atom stereocenters. The fourth-order valence-corrected chi connectivity index (χ4v) is 7.61. The quantitative estimate of drug-likeness (QED) is 0.173. The van der Waals surface area contributed by atoms with Gasteiger partial charge in [0.15, 0.2) is 5.58 Å². The molecule has 0 atom stereocenters. The van der Waals surface area contributed by atoms with Gasteiger partial charge in [-0.05, 0) is 79.6 Å². The van der Waals surface area contributed by atoms with Crippen molar-refractivity contribution < 1.29 is 4.42 Å². The lowest BCUT2D eigenvalue weighted by Gasteiger charge is -2.09. The van der Waals surface area contributed by atoms with E-state index in [2.05, 4.69) is 173 Å². The fraction of sp³-hybridized carbons (Fsp3) is 0.0417. The molecule has 0 spiro atoms. The van der Waals surface area contributed by atoms with Crippen molar-refractivity contribution in [1.82, 2.24) is 9.13 Å². The molecule has 51 heavy (non-hydrogen) atoms. The van der Waals surface area contributed by atoms with E-state index in [1.54, 1.807) is 0 Å². The summed E-state index contributed by atoms with van der Waals surface area (Å²) < 4.78 is 11.4. The third-order valence-electron chi connectivity index (χ3n) is 9.77. The Bertz CT molecular complexity index is 2900. The maximum atomic E-state index is 6.72. The second-order valence-electron chi connectivity index (χ2n) is 13.1. The van der Waals surface area contributed by atoms with Gasteiger partial charge in [0.05, 0.1) is 27.8 Å². The van der Waals surface area contributed by atoms with E-state index in [1.165, 1.54) is 43.7 Å². The summed E-state index contributed by atoms with van der Waals surface area (Å²) in [5.41, 5.74) is 12.2. The number of aromatic nitrogens is 2. The summed E-state index contributed by atoms with van der Waals surface area (Å²) in [5, 5.41) is 7.19. The first-order chi connectivity index (χ1) is 25.1. The van der Waals surface area contributed by atoms with Gasteiger partial charge in [0.1, 0.15) is 5.58 Å². The molecule has 10 aromatic rings. The second kappa shape index (κ2) is 12.4. The number of benzene rings is 7. The lowest BCUT2D eigenvalue weighted by molar-refractivity contribution is 0.666. The molecule has 0 saturated heterocycles. The van der Waals surface area contributed by atoms with Crippen LogP contribution in [0.2, 0.25) is 0 Å². The van der Waals surface area contributed by atoms with Crippen LogP contribution in [0.3, 0.4) is 0 Å². The van der Waals surface area contributed by atoms with Crippen LogP contribution in [-0.2, 0) is 0 Å². The molecule has 3 nitrogen and oxygen atoms in total. The lowest BCUT2D eigenvalue weighted by Crippen LogP contribution is -1.94. The molecule has 0 fully saturated rings. The maximum absolute atomic E-state index is 6.72. The van der Waals surface area contributed by atoms with Crippen molar-refractivity contribution in [3.05, 3.63) is 182 Å². The number of hydrogen-bond donors (Lipinski definition) is 0. The van der Waals surface area contributed by atoms with Gasteiger partial charge >= 0.3 is 0 Å². The first-order valence-electron chi connectivity index (χ1n) is 17.4. The Morgan fingerprint density at radius 2 is 1.10 bits per heavy atom. The molecule has 0 bridgehead atoms. The molecule has 0 aliphatic heterocycles. The van der Waals surface area contributed by atoms with Crippen molar-refractivity contribution in [2.45, 2.75) is 13.8 Å². The molecule has 0 N–H and O–H groups in total. The number of furan rings is 1. The minimum Gasteiger partial charge on any atom is -0.454 e. The molecule has 0 aliphatic rings. The van der Waals surface area contributed by atoms with Gasteiger partial charge in [-0.15, -0.1) is 0 Å². The highest BCUT2D eigenvalue weighted by Crippen LogP contribution is 2.40. The summed E-state index contributed by atoms with van der Waals surface area (Å²) in [5.74, 6) is 0. The van der Waals surface area contributed by atoms with E-state index < -0.39 is 0 Å². The second-order valence-corrected chi connectivity index (χ2v) is 13.1. The number of rotatable bonds is 4. The summed E-state index contributed by atoms with van der Waals surface area (Å²) in [7, 11) is 0. The monoisotopic (exact) mass is 656 g/mol. The predicted molar refractivity (Wildman–Crippen MR) is 217 cm³/mol. The Morgan fingerprint density at radius 3 is 1.75 bits per heavy atom. The van der Waals surface area contributed by atoms with Crippen molar-refractivity contribution in [3.63, 3.8) is 0 Å². The van der Waals surface area contributed by atoms with E-state index in [1.807, 2.05) is 26.0 Å². The van der Waals surface area contributed by atoms with E-state index in [4.69, 9.17) is 4.42 Å². The molecular weight excluding hydrogens is 621 g/mol. The molecular formula is C48H36N2O. The fourth-order valence-electron chi connectivity index (χ4n) is 7.61. The first kappa shape index (κ1) is 30.5. The van der Waals surface area contributed by atoms with Gasteiger partial charge in [-0.1, -0.05) is 127 Å². The van der Waals surface area contributed by atoms with Crippen molar-refractivity contribution in [2.24, 2.45) is 0 Å². The molecule has 3 aromatic heterocycles. The number of hydrogen-bond acceptors (Lipinski definition) is 1. The Balaban J connectivity index is 0.000000538.